The van der Waals surface area contributed by atoms with E-state index in [-0.39, 0.29) is 5.78 Å². The fourth-order valence-electron chi connectivity index (χ4n) is 3.67. The zero-order valence-corrected chi connectivity index (χ0v) is 18.8. The van der Waals surface area contributed by atoms with Gasteiger partial charge >= 0.3 is 0 Å². The third-order valence-electron chi connectivity index (χ3n) is 5.54. The minimum atomic E-state index is -0.212. The number of nitrogen functional groups attached to an aromatic ring is 1. The fraction of sp³-hybridized carbons (Fsp3) is 0.154. The average Bonchev–Trinajstić information content (AvgIpc) is 2.85. The van der Waals surface area contributed by atoms with Crippen LogP contribution < -0.4 is 15.2 Å². The lowest BCUT2D eigenvalue weighted by molar-refractivity contribution is 0.104. The van der Waals surface area contributed by atoms with Crippen LogP contribution in [0.5, 0.6) is 11.5 Å². The van der Waals surface area contributed by atoms with Gasteiger partial charge in [0.1, 0.15) is 17.3 Å². The number of hydrogen-bond donors (Lipinski definition) is 1. The number of ether oxygens (including phenoxy) is 2. The van der Waals surface area contributed by atoms with Crippen LogP contribution in [0.25, 0.3) is 22.2 Å². The van der Waals surface area contributed by atoms with Crippen LogP contribution in [0.1, 0.15) is 27.3 Å². The largest absolute Gasteiger partial charge is 0.497 e. The fourth-order valence-corrected chi connectivity index (χ4v) is 3.67. The maximum Gasteiger partial charge on any atom is 0.187 e. The zero-order chi connectivity index (χ0) is 23.5. The number of rotatable bonds is 7. The molecule has 0 amide bonds. The van der Waals surface area contributed by atoms with E-state index in [0.29, 0.717) is 40.6 Å². The molecular weight excluding hydrogens is 416 g/mol. The second kappa shape index (κ2) is 9.08. The van der Waals surface area contributed by atoms with Crippen molar-refractivity contribution < 1.29 is 14.3 Å². The van der Waals surface area contributed by atoms with Gasteiger partial charge in [-0.15, -0.1) is 0 Å². The van der Waals surface area contributed by atoms with E-state index in [0.717, 1.165) is 27.6 Å². The Labute approximate surface area is 191 Å². The molecule has 33 heavy (non-hydrogen) atoms. The molecule has 2 aromatic carbocycles. The van der Waals surface area contributed by atoms with E-state index < -0.39 is 0 Å². The highest BCUT2D eigenvalue weighted by atomic mass is 16.5. The molecule has 0 saturated carbocycles. The van der Waals surface area contributed by atoms with Crippen LogP contribution in [0.15, 0.2) is 61.4 Å². The van der Waals surface area contributed by atoms with E-state index in [1.807, 2.05) is 37.3 Å². The standard InChI is InChI=1S/C26H24N4O3/c1-5-23(31)21-7-6-15(2)22(25(21)27)12-24-28-14-18-8-17(13-29-26(18)30-24)16-9-19(32-3)11-20(10-16)33-4/h5-11,13-14H,1,12,27H2,2-4H3. The molecule has 0 radical (unpaired) electrons. The van der Waals surface area contributed by atoms with Crippen molar-refractivity contribution in [3.63, 3.8) is 0 Å². The molecule has 7 heteroatoms. The Bertz CT molecular complexity index is 1360. The summed E-state index contributed by atoms with van der Waals surface area (Å²) in [5.41, 5.74) is 11.3. The number of allylic oxidation sites excluding steroid dienone is 1. The van der Waals surface area contributed by atoms with Gasteiger partial charge in [0.15, 0.2) is 11.4 Å². The molecule has 0 aliphatic heterocycles. The molecular formula is C26H24N4O3. The van der Waals surface area contributed by atoms with Crippen molar-refractivity contribution in [2.75, 3.05) is 20.0 Å². The van der Waals surface area contributed by atoms with Crippen LogP contribution in [0.3, 0.4) is 0 Å². The quantitative estimate of drug-likeness (QED) is 0.255. The maximum atomic E-state index is 12.1. The van der Waals surface area contributed by atoms with Gasteiger partial charge in [-0.3, -0.25) is 4.79 Å². The summed E-state index contributed by atoms with van der Waals surface area (Å²) in [6, 6.07) is 11.2. The lowest BCUT2D eigenvalue weighted by Crippen LogP contribution is -2.08. The molecule has 2 N–H and O–H groups in total. The average molecular weight is 441 g/mol. The van der Waals surface area contributed by atoms with Crippen LogP contribution in [0, 0.1) is 6.92 Å². The predicted molar refractivity (Wildman–Crippen MR) is 129 cm³/mol. The smallest absolute Gasteiger partial charge is 0.187 e. The van der Waals surface area contributed by atoms with E-state index in [2.05, 4.69) is 21.5 Å². The highest BCUT2D eigenvalue weighted by Gasteiger charge is 2.15. The minimum Gasteiger partial charge on any atom is -0.497 e. The summed E-state index contributed by atoms with van der Waals surface area (Å²) in [7, 11) is 3.23. The number of benzene rings is 2. The van der Waals surface area contributed by atoms with Crippen LogP contribution in [-0.2, 0) is 6.42 Å². The number of pyridine rings is 1. The molecule has 2 heterocycles. The summed E-state index contributed by atoms with van der Waals surface area (Å²) in [5.74, 6) is 1.75. The molecule has 4 aromatic rings. The highest BCUT2D eigenvalue weighted by Crippen LogP contribution is 2.31. The SMILES string of the molecule is C=CC(=O)c1ccc(C)c(Cc2ncc3cc(-c4cc(OC)cc(OC)c4)cnc3n2)c1N. The van der Waals surface area contributed by atoms with Gasteiger partial charge in [-0.05, 0) is 54.0 Å². The molecule has 0 aliphatic rings. The van der Waals surface area contributed by atoms with E-state index in [4.69, 9.17) is 15.2 Å². The van der Waals surface area contributed by atoms with Gasteiger partial charge in [-0.1, -0.05) is 12.6 Å². The van der Waals surface area contributed by atoms with E-state index >= 15 is 0 Å². The summed E-state index contributed by atoms with van der Waals surface area (Å²) < 4.78 is 10.7. The summed E-state index contributed by atoms with van der Waals surface area (Å²) in [6.07, 6.45) is 5.16. The first-order chi connectivity index (χ1) is 15.9. The molecule has 7 nitrogen and oxygen atoms in total. The third kappa shape index (κ3) is 4.39. The first-order valence-electron chi connectivity index (χ1n) is 10.3. The number of carbonyl (C=O) groups is 1. The van der Waals surface area contributed by atoms with Gasteiger partial charge in [0.25, 0.3) is 0 Å². The van der Waals surface area contributed by atoms with Gasteiger partial charge in [0.2, 0.25) is 0 Å². The number of ketones is 1. The van der Waals surface area contributed by atoms with Crippen LogP contribution in [0.2, 0.25) is 0 Å². The van der Waals surface area contributed by atoms with Crippen molar-refractivity contribution in [3.05, 3.63) is 84.0 Å². The normalized spacial score (nSPS) is 10.8. The Balaban J connectivity index is 1.69. The number of fused-ring (bicyclic) bond motifs is 1. The highest BCUT2D eigenvalue weighted by molar-refractivity contribution is 6.08. The van der Waals surface area contributed by atoms with Crippen molar-refractivity contribution in [1.82, 2.24) is 15.0 Å². The molecule has 0 saturated heterocycles. The molecule has 4 rings (SSSR count). The maximum absolute atomic E-state index is 12.1. The molecule has 0 bridgehead atoms. The Kier molecular flexibility index (Phi) is 6.04. The lowest BCUT2D eigenvalue weighted by Gasteiger charge is -2.12. The third-order valence-corrected chi connectivity index (χ3v) is 5.54. The number of methoxy groups -OCH3 is 2. The molecule has 2 aromatic heterocycles. The second-order valence-corrected chi connectivity index (χ2v) is 7.59. The Morgan fingerprint density at radius 3 is 2.42 bits per heavy atom. The molecule has 0 unspecified atom stereocenters. The molecule has 0 spiro atoms. The first-order valence-corrected chi connectivity index (χ1v) is 10.3. The van der Waals surface area contributed by atoms with Crippen LogP contribution in [-0.4, -0.2) is 35.0 Å². The molecule has 0 aliphatic carbocycles. The van der Waals surface area contributed by atoms with Crippen molar-refractivity contribution in [2.45, 2.75) is 13.3 Å². The molecule has 166 valence electrons. The topological polar surface area (TPSA) is 100 Å². The number of carbonyl (C=O) groups excluding carboxylic acids is 1. The summed E-state index contributed by atoms with van der Waals surface area (Å²) >= 11 is 0. The van der Waals surface area contributed by atoms with Crippen LogP contribution >= 0.6 is 0 Å². The Hall–Kier alpha value is -4.26. The zero-order valence-electron chi connectivity index (χ0n) is 18.8. The number of hydrogen-bond acceptors (Lipinski definition) is 7. The summed E-state index contributed by atoms with van der Waals surface area (Å²) in [6.45, 7) is 5.49. The molecule has 0 fully saturated rings. The van der Waals surface area contributed by atoms with E-state index in [9.17, 15) is 4.79 Å². The minimum absolute atomic E-state index is 0.212. The summed E-state index contributed by atoms with van der Waals surface area (Å²) in [5, 5.41) is 0.804. The monoisotopic (exact) mass is 440 g/mol. The van der Waals surface area contributed by atoms with Gasteiger partial charge in [-0.2, -0.15) is 0 Å². The Morgan fingerprint density at radius 1 is 1.03 bits per heavy atom. The summed E-state index contributed by atoms with van der Waals surface area (Å²) in [4.78, 5) is 25.8. The van der Waals surface area contributed by atoms with Gasteiger partial charge in [0.05, 0.1) is 14.2 Å². The van der Waals surface area contributed by atoms with Crippen molar-refractivity contribution in [1.29, 1.82) is 0 Å². The van der Waals surface area contributed by atoms with E-state index in [1.54, 1.807) is 32.7 Å². The molecule has 0 atom stereocenters. The Morgan fingerprint density at radius 2 is 1.76 bits per heavy atom. The number of aryl methyl sites for hydroxylation is 1. The lowest BCUT2D eigenvalue weighted by atomic mass is 9.97. The second-order valence-electron chi connectivity index (χ2n) is 7.59. The number of aromatic nitrogens is 3. The number of anilines is 1. The van der Waals surface area contributed by atoms with Crippen molar-refractivity contribution in [3.8, 4) is 22.6 Å². The van der Waals surface area contributed by atoms with Gasteiger partial charge in [-0.25, -0.2) is 15.0 Å². The van der Waals surface area contributed by atoms with Gasteiger partial charge in [0, 0.05) is 47.1 Å². The number of nitrogens with zero attached hydrogens (tertiary/aromatic N) is 3. The van der Waals surface area contributed by atoms with Crippen molar-refractivity contribution >= 4 is 22.5 Å². The number of nitrogens with two attached hydrogens (primary N) is 1. The van der Waals surface area contributed by atoms with Crippen LogP contribution in [0.4, 0.5) is 5.69 Å². The van der Waals surface area contributed by atoms with Crippen molar-refractivity contribution in [2.24, 2.45) is 0 Å². The predicted octanol–water partition coefficient (Wildman–Crippen LogP) is 4.56. The first kappa shape index (κ1) is 22.0. The van der Waals surface area contributed by atoms with E-state index in [1.165, 1.54) is 6.08 Å². The van der Waals surface area contributed by atoms with Gasteiger partial charge < -0.3 is 15.2 Å².